The van der Waals surface area contributed by atoms with E-state index in [1.54, 1.807) is 37.5 Å². The molecule has 15 heteroatoms. The lowest BCUT2D eigenvalue weighted by atomic mass is 10.0. The second kappa shape index (κ2) is 13.7. The molecule has 3 aromatic carbocycles. The standard InChI is InChI=1S/C33H36N6O8P/c1-19(30(40)45-20(2)21-10-6-5-7-11-21)38-48(42)47-26-15-14-25(23-12-8-9-13-24(23)26)44-17-22-16-33(3,41)31(46-22)39-18-35-27-28(39)36-32(34)37-29(27)43-4/h5-15,18-20,22,31,41H,16-17H2,1-4H3,(H,38,42)(H2,34,36,37)/q+1/t19-,20-,22-,31?,33?/m0/s1. The molecule has 4 N–H and O–H groups in total. The quantitative estimate of drug-likeness (QED) is 0.119. The summed E-state index contributed by atoms with van der Waals surface area (Å²) in [4.78, 5) is 25.3. The Morgan fingerprint density at radius 3 is 2.52 bits per heavy atom. The van der Waals surface area contributed by atoms with Crippen LogP contribution in [0.25, 0.3) is 21.9 Å². The van der Waals surface area contributed by atoms with E-state index in [1.807, 2.05) is 54.6 Å². The van der Waals surface area contributed by atoms with Gasteiger partial charge in [-0.15, -0.1) is 0 Å². The van der Waals surface area contributed by atoms with Gasteiger partial charge in [-0.05, 0) is 38.5 Å². The first-order chi connectivity index (χ1) is 23.0. The third kappa shape index (κ3) is 6.87. The number of imidazole rings is 1. The molecule has 250 valence electrons. The van der Waals surface area contributed by atoms with Gasteiger partial charge >= 0.3 is 14.1 Å². The normalized spacial score (nSPS) is 20.7. The second-order valence-corrected chi connectivity index (χ2v) is 12.6. The van der Waals surface area contributed by atoms with E-state index in [0.717, 1.165) is 5.56 Å². The first-order valence-electron chi connectivity index (χ1n) is 15.3. The Labute approximate surface area is 277 Å². The zero-order valence-electron chi connectivity index (χ0n) is 26.8. The van der Waals surface area contributed by atoms with E-state index in [9.17, 15) is 14.5 Å². The number of carbonyl (C=O) groups is 1. The number of aliphatic hydroxyl groups is 1. The first kappa shape index (κ1) is 33.0. The van der Waals surface area contributed by atoms with E-state index in [0.29, 0.717) is 33.4 Å². The maximum atomic E-state index is 12.9. The van der Waals surface area contributed by atoms with Crippen molar-refractivity contribution in [2.24, 2.45) is 0 Å². The van der Waals surface area contributed by atoms with Gasteiger partial charge in [0, 0.05) is 21.8 Å². The minimum absolute atomic E-state index is 0.00346. The van der Waals surface area contributed by atoms with Crippen LogP contribution in [0, 0.1) is 0 Å². The molecule has 0 spiro atoms. The fourth-order valence-corrected chi connectivity index (χ4v) is 6.46. The highest BCUT2D eigenvalue weighted by atomic mass is 31.1. The average molecular weight is 676 g/mol. The number of fused-ring (bicyclic) bond motifs is 2. The van der Waals surface area contributed by atoms with Gasteiger partial charge in [0.25, 0.3) is 0 Å². The van der Waals surface area contributed by atoms with Crippen LogP contribution in [-0.4, -0.2) is 62.1 Å². The molecule has 6 atom stereocenters. The van der Waals surface area contributed by atoms with Gasteiger partial charge < -0.3 is 29.8 Å². The molecule has 0 radical (unpaired) electrons. The van der Waals surface area contributed by atoms with Crippen LogP contribution in [0.2, 0.25) is 0 Å². The molecular formula is C33H36N6O8P+. The van der Waals surface area contributed by atoms with Gasteiger partial charge in [-0.25, -0.2) is 9.51 Å². The fourth-order valence-electron chi connectivity index (χ4n) is 5.65. The van der Waals surface area contributed by atoms with Gasteiger partial charge in [0.05, 0.1) is 19.5 Å². The van der Waals surface area contributed by atoms with E-state index < -0.39 is 44.2 Å². The van der Waals surface area contributed by atoms with Gasteiger partial charge in [-0.1, -0.05) is 59.7 Å². The summed E-state index contributed by atoms with van der Waals surface area (Å²) in [6.45, 7) is 5.14. The van der Waals surface area contributed by atoms with Crippen LogP contribution < -0.4 is 24.8 Å². The van der Waals surface area contributed by atoms with Crippen molar-refractivity contribution in [1.29, 1.82) is 0 Å². The number of aromatic nitrogens is 4. The van der Waals surface area contributed by atoms with E-state index >= 15 is 0 Å². The predicted octanol–water partition coefficient (Wildman–Crippen LogP) is 5.01. The van der Waals surface area contributed by atoms with E-state index in [2.05, 4.69) is 20.0 Å². The highest BCUT2D eigenvalue weighted by Gasteiger charge is 2.46. The van der Waals surface area contributed by atoms with Gasteiger partial charge in [-0.2, -0.15) is 9.97 Å². The Morgan fingerprint density at radius 2 is 1.79 bits per heavy atom. The molecule has 0 aliphatic carbocycles. The minimum atomic E-state index is -2.48. The number of nitrogens with two attached hydrogens (primary N) is 1. The summed E-state index contributed by atoms with van der Waals surface area (Å²) in [7, 11) is -1.02. The first-order valence-corrected chi connectivity index (χ1v) is 16.4. The number of esters is 1. The molecule has 0 bridgehead atoms. The number of rotatable bonds is 12. The molecule has 14 nitrogen and oxygen atoms in total. The number of nitrogens with one attached hydrogen (secondary N) is 1. The lowest BCUT2D eigenvalue weighted by Crippen LogP contribution is -2.32. The van der Waals surface area contributed by atoms with Crippen LogP contribution in [-0.2, 0) is 18.8 Å². The molecular weight excluding hydrogens is 639 g/mol. The van der Waals surface area contributed by atoms with Crippen LogP contribution in [0.5, 0.6) is 17.4 Å². The van der Waals surface area contributed by atoms with Gasteiger partial charge in [-0.3, -0.25) is 9.36 Å². The molecule has 1 aliphatic heterocycles. The van der Waals surface area contributed by atoms with Crippen molar-refractivity contribution in [2.45, 2.75) is 57.3 Å². The Balaban J connectivity index is 1.10. The van der Waals surface area contributed by atoms with Crippen molar-refractivity contribution >= 4 is 42.0 Å². The minimum Gasteiger partial charge on any atom is -0.490 e. The molecule has 3 heterocycles. The summed E-state index contributed by atoms with van der Waals surface area (Å²) in [5.74, 6) is 0.551. The SMILES string of the molecule is COc1nc(N)nc2c1ncn2C1O[C@H](COc2ccc(O[P+](=O)N[C@@H](C)C(=O)O[C@@H](C)c3ccccc3)c3ccccc23)CC1(C)O. The van der Waals surface area contributed by atoms with Crippen LogP contribution >= 0.6 is 8.18 Å². The Kier molecular flexibility index (Phi) is 9.42. The third-order valence-electron chi connectivity index (χ3n) is 8.01. The van der Waals surface area contributed by atoms with E-state index in [4.69, 9.17) is 29.2 Å². The molecule has 1 aliphatic rings. The number of hydrogen-bond acceptors (Lipinski definition) is 12. The van der Waals surface area contributed by atoms with Crippen molar-refractivity contribution in [3.8, 4) is 17.4 Å². The fraction of sp³-hybridized carbons (Fsp3) is 0.333. The molecule has 3 unspecified atom stereocenters. The zero-order chi connectivity index (χ0) is 34.0. The summed E-state index contributed by atoms with van der Waals surface area (Å²) in [5, 5.41) is 15.4. The number of benzene rings is 3. The maximum Gasteiger partial charge on any atom is 0.664 e. The van der Waals surface area contributed by atoms with E-state index in [1.165, 1.54) is 13.4 Å². The zero-order valence-corrected chi connectivity index (χ0v) is 27.7. The summed E-state index contributed by atoms with van der Waals surface area (Å²) in [5.41, 5.74) is 6.20. The number of anilines is 1. The summed E-state index contributed by atoms with van der Waals surface area (Å²) in [6.07, 6.45) is -0.000582. The largest absolute Gasteiger partial charge is 0.664 e. The highest BCUT2D eigenvalue weighted by Crippen LogP contribution is 2.41. The van der Waals surface area contributed by atoms with E-state index in [-0.39, 0.29) is 24.9 Å². The van der Waals surface area contributed by atoms with Crippen molar-refractivity contribution in [3.63, 3.8) is 0 Å². The Bertz CT molecular complexity index is 1960. The Hall–Kier alpha value is -4.88. The van der Waals surface area contributed by atoms with Crippen molar-refractivity contribution in [3.05, 3.63) is 78.6 Å². The van der Waals surface area contributed by atoms with Crippen LogP contribution in [0.1, 0.15) is 45.1 Å². The smallest absolute Gasteiger partial charge is 0.490 e. The number of hydrogen-bond donors (Lipinski definition) is 3. The number of methoxy groups -OCH3 is 1. The number of nitrogens with zero attached hydrogens (tertiary/aromatic N) is 4. The lowest BCUT2D eigenvalue weighted by Gasteiger charge is -2.24. The molecule has 0 saturated carbocycles. The molecule has 1 saturated heterocycles. The van der Waals surface area contributed by atoms with Crippen LogP contribution in [0.3, 0.4) is 0 Å². The van der Waals surface area contributed by atoms with Crippen LogP contribution in [0.4, 0.5) is 5.95 Å². The van der Waals surface area contributed by atoms with Gasteiger partial charge in [0.15, 0.2) is 23.1 Å². The summed E-state index contributed by atoms with van der Waals surface area (Å²) < 4.78 is 43.6. The van der Waals surface area contributed by atoms with Crippen LogP contribution in [0.15, 0.2) is 73.1 Å². The van der Waals surface area contributed by atoms with Gasteiger partial charge in [0.1, 0.15) is 30.1 Å². The molecule has 0 amide bonds. The molecule has 1 fully saturated rings. The summed E-state index contributed by atoms with van der Waals surface area (Å²) >= 11 is 0. The second-order valence-electron chi connectivity index (χ2n) is 11.7. The number of nitrogen functional groups attached to an aromatic ring is 1. The highest BCUT2D eigenvalue weighted by molar-refractivity contribution is 7.37. The number of ether oxygens (including phenoxy) is 4. The van der Waals surface area contributed by atoms with Gasteiger partial charge in [0.2, 0.25) is 11.8 Å². The Morgan fingerprint density at radius 1 is 1.10 bits per heavy atom. The number of carbonyl (C=O) groups excluding carboxylic acids is 1. The molecule has 6 rings (SSSR count). The lowest BCUT2D eigenvalue weighted by molar-refractivity contribution is -0.150. The summed E-state index contributed by atoms with van der Waals surface area (Å²) in [6, 6.07) is 19.2. The third-order valence-corrected chi connectivity index (χ3v) is 8.97. The predicted molar refractivity (Wildman–Crippen MR) is 177 cm³/mol. The maximum absolute atomic E-state index is 12.9. The topological polar surface area (TPSA) is 182 Å². The van der Waals surface area contributed by atoms with Crippen molar-refractivity contribution in [2.75, 3.05) is 19.5 Å². The molecule has 48 heavy (non-hydrogen) atoms. The van der Waals surface area contributed by atoms with Crippen molar-refractivity contribution in [1.82, 2.24) is 24.6 Å². The average Bonchev–Trinajstić information content (AvgIpc) is 3.62. The molecule has 5 aromatic rings. The molecule has 2 aromatic heterocycles. The van der Waals surface area contributed by atoms with Crippen molar-refractivity contribution < 1.29 is 37.9 Å². The monoisotopic (exact) mass is 675 g/mol.